The van der Waals surface area contributed by atoms with Crippen molar-refractivity contribution in [2.24, 2.45) is 0 Å². The van der Waals surface area contributed by atoms with Gasteiger partial charge >= 0.3 is 0 Å². The Kier molecular flexibility index (Phi) is 4.32. The van der Waals surface area contributed by atoms with Gasteiger partial charge in [-0.15, -0.1) is 11.3 Å². The van der Waals surface area contributed by atoms with Crippen LogP contribution in [0.3, 0.4) is 0 Å². The lowest BCUT2D eigenvalue weighted by molar-refractivity contribution is -0.121. The van der Waals surface area contributed by atoms with Crippen molar-refractivity contribution in [2.45, 2.75) is 33.2 Å². The number of benzene rings is 1. The molecule has 1 atom stereocenters. The number of nitrogens with zero attached hydrogens (tertiary/aromatic N) is 1. The molecule has 100 valence electrons. The van der Waals surface area contributed by atoms with Crippen LogP contribution >= 0.6 is 11.3 Å². The maximum atomic E-state index is 12.0. The Balaban J connectivity index is 1.96. The molecule has 0 fully saturated rings. The zero-order valence-electron chi connectivity index (χ0n) is 11.4. The molecule has 1 unspecified atom stereocenters. The van der Waals surface area contributed by atoms with Crippen molar-refractivity contribution in [1.82, 2.24) is 10.3 Å². The number of nitrogens with one attached hydrogen (secondary N) is 1. The molecule has 1 aromatic heterocycles. The van der Waals surface area contributed by atoms with Crippen LogP contribution < -0.4 is 5.32 Å². The fourth-order valence-corrected chi connectivity index (χ4v) is 2.94. The fourth-order valence-electron chi connectivity index (χ4n) is 2.00. The minimum atomic E-state index is 0.0306. The van der Waals surface area contributed by atoms with Crippen LogP contribution in [0.2, 0.25) is 0 Å². The van der Waals surface area contributed by atoms with Crippen LogP contribution in [0, 0.1) is 13.8 Å². The van der Waals surface area contributed by atoms with E-state index in [0.717, 1.165) is 21.1 Å². The Morgan fingerprint density at radius 2 is 2.00 bits per heavy atom. The summed E-state index contributed by atoms with van der Waals surface area (Å²) in [7, 11) is 0. The number of aryl methyl sites for hydroxylation is 2. The van der Waals surface area contributed by atoms with Gasteiger partial charge in [-0.2, -0.15) is 0 Å². The second kappa shape index (κ2) is 5.97. The number of carbonyl (C=O) groups is 1. The molecule has 3 nitrogen and oxygen atoms in total. The monoisotopic (exact) mass is 274 g/mol. The van der Waals surface area contributed by atoms with Gasteiger partial charge in [0.15, 0.2) is 0 Å². The first-order valence-electron chi connectivity index (χ1n) is 6.33. The summed E-state index contributed by atoms with van der Waals surface area (Å²) in [4.78, 5) is 17.4. The van der Waals surface area contributed by atoms with E-state index in [0.29, 0.717) is 6.42 Å². The summed E-state index contributed by atoms with van der Waals surface area (Å²) in [6.07, 6.45) is 0.411. The van der Waals surface area contributed by atoms with E-state index in [9.17, 15) is 4.79 Å². The van der Waals surface area contributed by atoms with E-state index in [-0.39, 0.29) is 11.9 Å². The highest BCUT2D eigenvalue weighted by molar-refractivity contribution is 7.11. The van der Waals surface area contributed by atoms with Gasteiger partial charge in [-0.1, -0.05) is 30.3 Å². The van der Waals surface area contributed by atoms with Crippen LogP contribution in [-0.2, 0) is 11.2 Å². The average Bonchev–Trinajstić information content (AvgIpc) is 2.68. The van der Waals surface area contributed by atoms with Crippen LogP contribution in [0.15, 0.2) is 30.3 Å². The van der Waals surface area contributed by atoms with Gasteiger partial charge in [0, 0.05) is 4.88 Å². The Bertz CT molecular complexity index is 563. The molecule has 0 aliphatic heterocycles. The predicted molar refractivity (Wildman–Crippen MR) is 78.3 cm³/mol. The largest absolute Gasteiger partial charge is 0.349 e. The van der Waals surface area contributed by atoms with Gasteiger partial charge in [0.05, 0.1) is 23.2 Å². The van der Waals surface area contributed by atoms with Crippen LogP contribution in [0.4, 0.5) is 0 Å². The third kappa shape index (κ3) is 3.64. The molecule has 1 amide bonds. The van der Waals surface area contributed by atoms with Crippen molar-refractivity contribution in [3.8, 4) is 0 Å². The lowest BCUT2D eigenvalue weighted by Gasteiger charge is -2.13. The number of hydrogen-bond donors (Lipinski definition) is 1. The Hall–Kier alpha value is -1.68. The SMILES string of the molecule is Cc1nc(C)c(CC(=O)NC(C)c2ccccc2)s1. The second-order valence-corrected chi connectivity index (χ2v) is 5.91. The molecular formula is C15H18N2OS. The average molecular weight is 274 g/mol. The summed E-state index contributed by atoms with van der Waals surface area (Å²) in [6, 6.07) is 10.0. The lowest BCUT2D eigenvalue weighted by Crippen LogP contribution is -2.28. The zero-order valence-corrected chi connectivity index (χ0v) is 12.3. The first-order chi connectivity index (χ1) is 9.06. The van der Waals surface area contributed by atoms with Crippen molar-refractivity contribution in [1.29, 1.82) is 0 Å². The van der Waals surface area contributed by atoms with Crippen molar-refractivity contribution in [2.75, 3.05) is 0 Å². The number of carbonyl (C=O) groups excluding carboxylic acids is 1. The topological polar surface area (TPSA) is 42.0 Å². The molecule has 0 spiro atoms. The summed E-state index contributed by atoms with van der Waals surface area (Å²) in [5.41, 5.74) is 2.08. The molecule has 19 heavy (non-hydrogen) atoms. The summed E-state index contributed by atoms with van der Waals surface area (Å²) >= 11 is 1.59. The molecule has 1 heterocycles. The second-order valence-electron chi connectivity index (χ2n) is 4.62. The Labute approximate surface area is 117 Å². The predicted octanol–water partition coefficient (Wildman–Crippen LogP) is 3.18. The Morgan fingerprint density at radius 1 is 1.32 bits per heavy atom. The maximum absolute atomic E-state index is 12.0. The highest BCUT2D eigenvalue weighted by Gasteiger charge is 2.13. The molecule has 2 rings (SSSR count). The van der Waals surface area contributed by atoms with E-state index >= 15 is 0 Å². The molecule has 2 aromatic rings. The first-order valence-corrected chi connectivity index (χ1v) is 7.15. The van der Waals surface area contributed by atoms with E-state index in [2.05, 4.69) is 10.3 Å². The highest BCUT2D eigenvalue weighted by atomic mass is 32.1. The van der Waals surface area contributed by atoms with Crippen molar-refractivity contribution >= 4 is 17.2 Å². The molecule has 0 radical (unpaired) electrons. The first kappa shape index (κ1) is 13.7. The maximum Gasteiger partial charge on any atom is 0.225 e. The van der Waals surface area contributed by atoms with Gasteiger partial charge in [0.1, 0.15) is 0 Å². The smallest absolute Gasteiger partial charge is 0.225 e. The van der Waals surface area contributed by atoms with Crippen LogP contribution in [0.5, 0.6) is 0 Å². The quantitative estimate of drug-likeness (QED) is 0.930. The molecule has 4 heteroatoms. The normalized spacial score (nSPS) is 12.2. The van der Waals surface area contributed by atoms with Gasteiger partial charge in [-0.05, 0) is 26.3 Å². The number of hydrogen-bond acceptors (Lipinski definition) is 3. The standard InChI is InChI=1S/C15H18N2OS/c1-10(13-7-5-4-6-8-13)17-15(18)9-14-11(2)16-12(3)19-14/h4-8,10H,9H2,1-3H3,(H,17,18). The summed E-state index contributed by atoms with van der Waals surface area (Å²) in [6.45, 7) is 5.91. The minimum Gasteiger partial charge on any atom is -0.349 e. The van der Waals surface area contributed by atoms with Gasteiger partial charge in [0.2, 0.25) is 5.91 Å². The highest BCUT2D eigenvalue weighted by Crippen LogP contribution is 2.18. The number of aromatic nitrogens is 1. The molecule has 0 aliphatic carbocycles. The summed E-state index contributed by atoms with van der Waals surface area (Å²) < 4.78 is 0. The van der Waals surface area contributed by atoms with Gasteiger partial charge < -0.3 is 5.32 Å². The zero-order chi connectivity index (χ0) is 13.8. The molecule has 0 aliphatic rings. The minimum absolute atomic E-state index is 0.0306. The molecule has 1 N–H and O–H groups in total. The van der Waals surface area contributed by atoms with E-state index < -0.39 is 0 Å². The van der Waals surface area contributed by atoms with Gasteiger partial charge in [-0.25, -0.2) is 4.98 Å². The number of rotatable bonds is 4. The summed E-state index contributed by atoms with van der Waals surface area (Å²) in [5, 5.41) is 4.03. The van der Waals surface area contributed by atoms with Crippen molar-refractivity contribution in [3.05, 3.63) is 51.5 Å². The van der Waals surface area contributed by atoms with Crippen LogP contribution in [0.25, 0.3) is 0 Å². The van der Waals surface area contributed by atoms with Crippen LogP contribution in [0.1, 0.15) is 34.1 Å². The third-order valence-electron chi connectivity index (χ3n) is 3.00. The number of amides is 1. The van der Waals surface area contributed by atoms with Crippen LogP contribution in [-0.4, -0.2) is 10.9 Å². The van der Waals surface area contributed by atoms with E-state index in [1.54, 1.807) is 11.3 Å². The van der Waals surface area contributed by atoms with Crippen molar-refractivity contribution in [3.63, 3.8) is 0 Å². The molecule has 1 aromatic carbocycles. The lowest BCUT2D eigenvalue weighted by atomic mass is 10.1. The van der Waals surface area contributed by atoms with E-state index in [1.807, 2.05) is 51.1 Å². The number of thiazole rings is 1. The van der Waals surface area contributed by atoms with E-state index in [4.69, 9.17) is 0 Å². The van der Waals surface area contributed by atoms with E-state index in [1.165, 1.54) is 0 Å². The fraction of sp³-hybridized carbons (Fsp3) is 0.333. The molecular weight excluding hydrogens is 256 g/mol. The summed E-state index contributed by atoms with van der Waals surface area (Å²) in [5.74, 6) is 0.0445. The molecule has 0 bridgehead atoms. The molecule has 0 saturated carbocycles. The Morgan fingerprint density at radius 3 is 2.58 bits per heavy atom. The van der Waals surface area contributed by atoms with Crippen molar-refractivity contribution < 1.29 is 4.79 Å². The third-order valence-corrected chi connectivity index (χ3v) is 4.07. The van der Waals surface area contributed by atoms with Gasteiger partial charge in [0.25, 0.3) is 0 Å². The molecule has 0 saturated heterocycles. The van der Waals surface area contributed by atoms with Gasteiger partial charge in [-0.3, -0.25) is 4.79 Å².